The Kier molecular flexibility index (Phi) is 6.22. The number of piperidine rings is 1. The fourth-order valence-electron chi connectivity index (χ4n) is 4.65. The summed E-state index contributed by atoms with van der Waals surface area (Å²) < 4.78 is 1.96. The molecule has 2 atom stereocenters. The van der Waals surface area contributed by atoms with Crippen LogP contribution < -0.4 is 10.6 Å². The molecule has 7 nitrogen and oxygen atoms in total. The third-order valence-corrected chi connectivity index (χ3v) is 6.20. The van der Waals surface area contributed by atoms with Crippen LogP contribution in [-0.2, 0) is 11.3 Å². The number of carbonyl (C=O) groups is 1. The molecule has 0 bridgehead atoms. The summed E-state index contributed by atoms with van der Waals surface area (Å²) in [5.74, 6) is 0.567. The van der Waals surface area contributed by atoms with E-state index >= 15 is 0 Å². The number of amides is 1. The molecule has 2 aliphatic heterocycles. The number of hydrogen-bond donors (Lipinski definition) is 2. The van der Waals surface area contributed by atoms with Gasteiger partial charge in [-0.15, -0.1) is 0 Å². The van der Waals surface area contributed by atoms with Crippen molar-refractivity contribution in [1.29, 1.82) is 0 Å². The van der Waals surface area contributed by atoms with Gasteiger partial charge in [0.1, 0.15) is 0 Å². The molecule has 0 unspecified atom stereocenters. The first-order valence-electron chi connectivity index (χ1n) is 10.8. The van der Waals surface area contributed by atoms with Gasteiger partial charge in [0.25, 0.3) is 0 Å². The van der Waals surface area contributed by atoms with Crippen molar-refractivity contribution >= 4 is 16.9 Å². The Morgan fingerprint density at radius 2 is 2.29 bits per heavy atom. The second kappa shape index (κ2) is 9.01. The highest BCUT2D eigenvalue weighted by Gasteiger charge is 2.24. The van der Waals surface area contributed by atoms with Gasteiger partial charge in [-0.05, 0) is 50.9 Å². The Bertz CT molecular complexity index is 797. The molecule has 2 aromatic heterocycles. The molecule has 28 heavy (non-hydrogen) atoms. The SMILES string of the molecule is CC[C@H]1CCCCN1CC(=O)NCCn1nc([C@@H]2CCNC2)c2cccnc21. The smallest absolute Gasteiger partial charge is 0.234 e. The van der Waals surface area contributed by atoms with E-state index in [1.165, 1.54) is 19.3 Å². The maximum absolute atomic E-state index is 12.4. The van der Waals surface area contributed by atoms with E-state index in [1.54, 1.807) is 0 Å². The summed E-state index contributed by atoms with van der Waals surface area (Å²) in [7, 11) is 0. The summed E-state index contributed by atoms with van der Waals surface area (Å²) >= 11 is 0. The van der Waals surface area contributed by atoms with Gasteiger partial charge < -0.3 is 10.6 Å². The summed E-state index contributed by atoms with van der Waals surface area (Å²) in [5, 5.41) is 12.5. The van der Waals surface area contributed by atoms with E-state index in [9.17, 15) is 4.79 Å². The first-order chi connectivity index (χ1) is 13.8. The van der Waals surface area contributed by atoms with Gasteiger partial charge in [-0.3, -0.25) is 9.69 Å². The van der Waals surface area contributed by atoms with Crippen LogP contribution in [0.5, 0.6) is 0 Å². The van der Waals surface area contributed by atoms with E-state index < -0.39 is 0 Å². The summed E-state index contributed by atoms with van der Waals surface area (Å²) in [6, 6.07) is 4.64. The Morgan fingerprint density at radius 1 is 1.36 bits per heavy atom. The maximum Gasteiger partial charge on any atom is 0.234 e. The molecule has 0 aromatic carbocycles. The predicted molar refractivity (Wildman–Crippen MR) is 110 cm³/mol. The number of nitrogens with zero attached hydrogens (tertiary/aromatic N) is 4. The zero-order valence-corrected chi connectivity index (χ0v) is 16.9. The van der Waals surface area contributed by atoms with Gasteiger partial charge >= 0.3 is 0 Å². The van der Waals surface area contributed by atoms with Crippen LogP contribution in [0.25, 0.3) is 11.0 Å². The van der Waals surface area contributed by atoms with Crippen LogP contribution in [0, 0.1) is 0 Å². The first kappa shape index (κ1) is 19.3. The molecule has 2 N–H and O–H groups in total. The zero-order valence-electron chi connectivity index (χ0n) is 16.9. The van der Waals surface area contributed by atoms with Crippen LogP contribution in [0.2, 0.25) is 0 Å². The Morgan fingerprint density at radius 3 is 3.11 bits per heavy atom. The monoisotopic (exact) mass is 384 g/mol. The van der Waals surface area contributed by atoms with Crippen LogP contribution in [-0.4, -0.2) is 64.3 Å². The van der Waals surface area contributed by atoms with Gasteiger partial charge in [0.2, 0.25) is 5.91 Å². The molecular weight excluding hydrogens is 352 g/mol. The minimum absolute atomic E-state index is 0.116. The lowest BCUT2D eigenvalue weighted by molar-refractivity contribution is -0.123. The van der Waals surface area contributed by atoms with Gasteiger partial charge in [-0.1, -0.05) is 13.3 Å². The van der Waals surface area contributed by atoms with E-state index in [4.69, 9.17) is 5.10 Å². The fourth-order valence-corrected chi connectivity index (χ4v) is 4.65. The van der Waals surface area contributed by atoms with Gasteiger partial charge in [0, 0.05) is 36.6 Å². The molecule has 4 rings (SSSR count). The van der Waals surface area contributed by atoms with Crippen LogP contribution in [0.15, 0.2) is 18.3 Å². The molecule has 2 aliphatic rings. The highest BCUT2D eigenvalue weighted by Crippen LogP contribution is 2.27. The lowest BCUT2D eigenvalue weighted by Gasteiger charge is -2.34. The molecule has 1 amide bonds. The third kappa shape index (κ3) is 4.20. The Balaban J connectivity index is 1.36. The highest BCUT2D eigenvalue weighted by atomic mass is 16.2. The molecular formula is C21H32N6O. The molecule has 4 heterocycles. The van der Waals surface area contributed by atoms with Crippen LogP contribution in [0.4, 0.5) is 0 Å². The topological polar surface area (TPSA) is 75.1 Å². The van der Waals surface area contributed by atoms with E-state index in [0.29, 0.717) is 31.6 Å². The van der Waals surface area contributed by atoms with E-state index in [1.807, 2.05) is 16.9 Å². The molecule has 2 fully saturated rings. The molecule has 7 heteroatoms. The Labute approximate surface area is 166 Å². The van der Waals surface area contributed by atoms with Gasteiger partial charge in [0.05, 0.1) is 18.8 Å². The molecule has 152 valence electrons. The average molecular weight is 385 g/mol. The third-order valence-electron chi connectivity index (χ3n) is 6.20. The largest absolute Gasteiger partial charge is 0.353 e. The standard InChI is InChI=1S/C21H32N6O/c1-2-17-6-3-4-12-26(17)15-19(28)23-11-13-27-21-18(7-5-9-24-21)20(25-27)16-8-10-22-14-16/h5,7,9,16-17,22H,2-4,6,8,10-15H2,1H3,(H,23,28)/t16-,17+/m1/s1. The molecule has 0 saturated carbocycles. The number of fused-ring (bicyclic) bond motifs is 1. The van der Waals surface area contributed by atoms with E-state index in [-0.39, 0.29) is 5.91 Å². The second-order valence-electron chi connectivity index (χ2n) is 8.05. The fraction of sp³-hybridized carbons (Fsp3) is 0.667. The van der Waals surface area contributed by atoms with Gasteiger partial charge in [-0.25, -0.2) is 9.67 Å². The molecule has 0 radical (unpaired) electrons. The normalized spacial score (nSPS) is 23.3. The number of carbonyl (C=O) groups excluding carboxylic acids is 1. The molecule has 2 aromatic rings. The van der Waals surface area contributed by atoms with Gasteiger partial charge in [0.15, 0.2) is 5.65 Å². The molecule has 0 spiro atoms. The minimum atomic E-state index is 0.116. The number of rotatable bonds is 7. The second-order valence-corrected chi connectivity index (χ2v) is 8.05. The summed E-state index contributed by atoms with van der Waals surface area (Å²) in [6.45, 7) is 7.02. The summed E-state index contributed by atoms with van der Waals surface area (Å²) in [5.41, 5.74) is 2.05. The summed E-state index contributed by atoms with van der Waals surface area (Å²) in [4.78, 5) is 19.3. The number of aromatic nitrogens is 3. The van der Waals surface area contributed by atoms with Crippen molar-refractivity contribution in [2.24, 2.45) is 0 Å². The van der Waals surface area contributed by atoms with Crippen molar-refractivity contribution in [1.82, 2.24) is 30.3 Å². The van der Waals surface area contributed by atoms with Crippen LogP contribution >= 0.6 is 0 Å². The minimum Gasteiger partial charge on any atom is -0.353 e. The number of likely N-dealkylation sites (tertiary alicyclic amines) is 1. The quantitative estimate of drug-likeness (QED) is 0.763. The van der Waals surface area contributed by atoms with Crippen molar-refractivity contribution in [3.8, 4) is 0 Å². The van der Waals surface area contributed by atoms with Gasteiger partial charge in [-0.2, -0.15) is 5.10 Å². The van der Waals surface area contributed by atoms with E-state index in [0.717, 1.165) is 49.2 Å². The summed E-state index contributed by atoms with van der Waals surface area (Å²) in [6.07, 6.45) is 7.76. The van der Waals surface area contributed by atoms with Crippen molar-refractivity contribution in [2.45, 2.75) is 57.5 Å². The number of hydrogen-bond acceptors (Lipinski definition) is 5. The number of pyridine rings is 1. The lowest BCUT2D eigenvalue weighted by Crippen LogP contribution is -2.45. The molecule has 2 saturated heterocycles. The first-order valence-corrected chi connectivity index (χ1v) is 10.8. The van der Waals surface area contributed by atoms with Crippen molar-refractivity contribution in [3.63, 3.8) is 0 Å². The highest BCUT2D eigenvalue weighted by molar-refractivity contribution is 5.79. The molecule has 0 aliphatic carbocycles. The van der Waals surface area contributed by atoms with Crippen LogP contribution in [0.3, 0.4) is 0 Å². The number of nitrogens with one attached hydrogen (secondary N) is 2. The zero-order chi connectivity index (χ0) is 19.3. The lowest BCUT2D eigenvalue weighted by atomic mass is 10.0. The van der Waals surface area contributed by atoms with E-state index in [2.05, 4.69) is 33.5 Å². The Hall–Kier alpha value is -1.99. The van der Waals surface area contributed by atoms with Crippen molar-refractivity contribution in [3.05, 3.63) is 24.0 Å². The predicted octanol–water partition coefficient (Wildman–Crippen LogP) is 1.89. The maximum atomic E-state index is 12.4. The average Bonchev–Trinajstić information content (AvgIpc) is 3.37. The van der Waals surface area contributed by atoms with Crippen molar-refractivity contribution < 1.29 is 4.79 Å². The van der Waals surface area contributed by atoms with Crippen molar-refractivity contribution in [2.75, 3.05) is 32.7 Å². The van der Waals surface area contributed by atoms with Crippen LogP contribution in [0.1, 0.15) is 50.6 Å².